The van der Waals surface area contributed by atoms with E-state index >= 15 is 0 Å². The Kier molecular flexibility index (Phi) is 3.83. The first-order valence-electron chi connectivity index (χ1n) is 6.26. The van der Waals surface area contributed by atoms with Crippen LogP contribution in [0.2, 0.25) is 0 Å². The molecule has 0 aliphatic carbocycles. The van der Waals surface area contributed by atoms with Crippen LogP contribution >= 0.6 is 0 Å². The Hall–Kier alpha value is -1.02. The summed E-state index contributed by atoms with van der Waals surface area (Å²) < 4.78 is 6.03. The molecule has 1 aromatic rings. The van der Waals surface area contributed by atoms with Crippen LogP contribution < -0.4 is 10.1 Å². The molecule has 2 nitrogen and oxygen atoms in total. The van der Waals surface area contributed by atoms with E-state index in [1.54, 1.807) is 0 Å². The summed E-state index contributed by atoms with van der Waals surface area (Å²) in [4.78, 5) is 0. The minimum Gasteiger partial charge on any atom is -0.490 e. The monoisotopic (exact) mass is 219 g/mol. The molecule has 2 rings (SSSR count). The van der Waals surface area contributed by atoms with Crippen molar-refractivity contribution >= 4 is 0 Å². The molecule has 1 heterocycles. The smallest absolute Gasteiger partial charge is 0.119 e. The maximum Gasteiger partial charge on any atom is 0.119 e. The first-order chi connectivity index (χ1) is 7.79. The standard InChI is InChI=1S/C14H21NO/c1-3-12-4-6-13(7-5-12)16-14-8-9-15-10-11(14)2/h4-7,11,14-15H,3,8-10H2,1-2H3. The highest BCUT2D eigenvalue weighted by atomic mass is 16.5. The molecule has 0 amide bonds. The molecular formula is C14H21NO. The second-order valence-electron chi connectivity index (χ2n) is 4.62. The number of aryl methyl sites for hydroxylation is 1. The molecule has 0 aromatic heterocycles. The Balaban J connectivity index is 1.96. The lowest BCUT2D eigenvalue weighted by atomic mass is 9.98. The fourth-order valence-corrected chi connectivity index (χ4v) is 2.14. The Bertz CT molecular complexity index is 320. The zero-order valence-corrected chi connectivity index (χ0v) is 10.2. The van der Waals surface area contributed by atoms with Crippen LogP contribution in [0.5, 0.6) is 5.75 Å². The number of hydrogen-bond acceptors (Lipinski definition) is 2. The van der Waals surface area contributed by atoms with Gasteiger partial charge in [-0.05, 0) is 37.1 Å². The van der Waals surface area contributed by atoms with E-state index in [-0.39, 0.29) is 0 Å². The van der Waals surface area contributed by atoms with Gasteiger partial charge in [-0.1, -0.05) is 26.0 Å². The van der Waals surface area contributed by atoms with Crippen molar-refractivity contribution in [3.05, 3.63) is 29.8 Å². The molecule has 0 bridgehead atoms. The molecule has 2 heteroatoms. The van der Waals surface area contributed by atoms with Crippen LogP contribution in [0, 0.1) is 5.92 Å². The highest BCUT2D eigenvalue weighted by Gasteiger charge is 2.22. The summed E-state index contributed by atoms with van der Waals surface area (Å²) in [5.74, 6) is 1.61. The van der Waals surface area contributed by atoms with Crippen LogP contribution in [0.15, 0.2) is 24.3 Å². The SMILES string of the molecule is CCc1ccc(OC2CCNCC2C)cc1. The van der Waals surface area contributed by atoms with Gasteiger partial charge in [0.1, 0.15) is 11.9 Å². The van der Waals surface area contributed by atoms with Crippen molar-refractivity contribution < 1.29 is 4.74 Å². The number of ether oxygens (including phenoxy) is 1. The summed E-state index contributed by atoms with van der Waals surface area (Å²) in [6.07, 6.45) is 2.56. The third kappa shape index (κ3) is 2.76. The van der Waals surface area contributed by atoms with Gasteiger partial charge in [0.2, 0.25) is 0 Å². The van der Waals surface area contributed by atoms with Gasteiger partial charge in [0.25, 0.3) is 0 Å². The zero-order chi connectivity index (χ0) is 11.4. The van der Waals surface area contributed by atoms with E-state index in [9.17, 15) is 0 Å². The minimum absolute atomic E-state index is 0.369. The molecule has 88 valence electrons. The van der Waals surface area contributed by atoms with Gasteiger partial charge in [0.05, 0.1) is 0 Å². The van der Waals surface area contributed by atoms with E-state index in [4.69, 9.17) is 4.74 Å². The van der Waals surface area contributed by atoms with Crippen LogP contribution in [-0.2, 0) is 6.42 Å². The van der Waals surface area contributed by atoms with Crippen molar-refractivity contribution in [2.24, 2.45) is 5.92 Å². The normalized spacial score (nSPS) is 25.4. The number of piperidine rings is 1. The number of benzene rings is 1. The summed E-state index contributed by atoms with van der Waals surface area (Å²) in [6.45, 7) is 6.56. The van der Waals surface area contributed by atoms with Gasteiger partial charge in [-0.3, -0.25) is 0 Å². The van der Waals surface area contributed by atoms with E-state index in [0.717, 1.165) is 31.7 Å². The highest BCUT2D eigenvalue weighted by molar-refractivity contribution is 5.27. The molecule has 1 fully saturated rings. The summed E-state index contributed by atoms with van der Waals surface area (Å²) in [7, 11) is 0. The van der Waals surface area contributed by atoms with E-state index < -0.39 is 0 Å². The second-order valence-corrected chi connectivity index (χ2v) is 4.62. The average molecular weight is 219 g/mol. The van der Waals surface area contributed by atoms with Gasteiger partial charge in [-0.25, -0.2) is 0 Å². The zero-order valence-electron chi connectivity index (χ0n) is 10.2. The quantitative estimate of drug-likeness (QED) is 0.843. The molecule has 1 aliphatic rings. The largest absolute Gasteiger partial charge is 0.490 e. The Morgan fingerprint density at radius 1 is 1.31 bits per heavy atom. The molecule has 2 unspecified atom stereocenters. The fraction of sp³-hybridized carbons (Fsp3) is 0.571. The van der Waals surface area contributed by atoms with Crippen molar-refractivity contribution in [3.63, 3.8) is 0 Å². The van der Waals surface area contributed by atoms with Gasteiger partial charge in [0, 0.05) is 12.5 Å². The van der Waals surface area contributed by atoms with Gasteiger partial charge in [-0.15, -0.1) is 0 Å². The molecule has 0 saturated carbocycles. The lowest BCUT2D eigenvalue weighted by Gasteiger charge is -2.30. The first kappa shape index (κ1) is 11.5. The van der Waals surface area contributed by atoms with Crippen LogP contribution in [0.3, 0.4) is 0 Å². The molecule has 0 spiro atoms. The molecular weight excluding hydrogens is 198 g/mol. The Morgan fingerprint density at radius 2 is 2.06 bits per heavy atom. The maximum absolute atomic E-state index is 6.03. The number of nitrogens with one attached hydrogen (secondary N) is 1. The third-order valence-electron chi connectivity index (χ3n) is 3.33. The van der Waals surface area contributed by atoms with Crippen LogP contribution in [0.4, 0.5) is 0 Å². The lowest BCUT2D eigenvalue weighted by molar-refractivity contribution is 0.112. The average Bonchev–Trinajstić information content (AvgIpc) is 2.33. The van der Waals surface area contributed by atoms with E-state index in [0.29, 0.717) is 12.0 Å². The van der Waals surface area contributed by atoms with E-state index in [2.05, 4.69) is 43.4 Å². The van der Waals surface area contributed by atoms with E-state index in [1.807, 2.05) is 0 Å². The molecule has 1 saturated heterocycles. The molecule has 0 radical (unpaired) electrons. The lowest BCUT2D eigenvalue weighted by Crippen LogP contribution is -2.41. The van der Waals surface area contributed by atoms with Gasteiger partial charge < -0.3 is 10.1 Å². The summed E-state index contributed by atoms with van der Waals surface area (Å²) in [5.41, 5.74) is 1.37. The van der Waals surface area contributed by atoms with Crippen LogP contribution in [0.1, 0.15) is 25.8 Å². The van der Waals surface area contributed by atoms with Crippen molar-refractivity contribution in [2.45, 2.75) is 32.8 Å². The Morgan fingerprint density at radius 3 is 2.69 bits per heavy atom. The van der Waals surface area contributed by atoms with Crippen molar-refractivity contribution in [1.82, 2.24) is 5.32 Å². The van der Waals surface area contributed by atoms with E-state index in [1.165, 1.54) is 5.56 Å². The predicted molar refractivity (Wildman–Crippen MR) is 66.9 cm³/mol. The van der Waals surface area contributed by atoms with Crippen molar-refractivity contribution in [2.75, 3.05) is 13.1 Å². The second kappa shape index (κ2) is 5.35. The van der Waals surface area contributed by atoms with Crippen molar-refractivity contribution in [3.8, 4) is 5.75 Å². The summed E-state index contributed by atoms with van der Waals surface area (Å²) >= 11 is 0. The number of hydrogen-bond donors (Lipinski definition) is 1. The van der Waals surface area contributed by atoms with Gasteiger partial charge in [0.15, 0.2) is 0 Å². The number of rotatable bonds is 3. The molecule has 1 aliphatic heterocycles. The van der Waals surface area contributed by atoms with Crippen LogP contribution in [-0.4, -0.2) is 19.2 Å². The van der Waals surface area contributed by atoms with Crippen molar-refractivity contribution in [1.29, 1.82) is 0 Å². The topological polar surface area (TPSA) is 21.3 Å². The Labute approximate surface area is 98.0 Å². The molecule has 2 atom stereocenters. The molecule has 16 heavy (non-hydrogen) atoms. The highest BCUT2D eigenvalue weighted by Crippen LogP contribution is 2.20. The maximum atomic E-state index is 6.03. The third-order valence-corrected chi connectivity index (χ3v) is 3.33. The predicted octanol–water partition coefficient (Wildman–Crippen LogP) is 2.63. The minimum atomic E-state index is 0.369. The molecule has 1 N–H and O–H groups in total. The molecule has 1 aromatic carbocycles. The fourth-order valence-electron chi connectivity index (χ4n) is 2.14. The van der Waals surface area contributed by atoms with Crippen LogP contribution in [0.25, 0.3) is 0 Å². The van der Waals surface area contributed by atoms with Gasteiger partial charge >= 0.3 is 0 Å². The van der Waals surface area contributed by atoms with Gasteiger partial charge in [-0.2, -0.15) is 0 Å². The first-order valence-corrected chi connectivity index (χ1v) is 6.26. The summed E-state index contributed by atoms with van der Waals surface area (Å²) in [5, 5.41) is 3.39. The summed E-state index contributed by atoms with van der Waals surface area (Å²) in [6, 6.07) is 8.49.